The summed E-state index contributed by atoms with van der Waals surface area (Å²) in [5.74, 6) is -4.67. The smallest absolute Gasteiger partial charge is 0.370 e. The fourth-order valence-electron chi connectivity index (χ4n) is 0.470. The van der Waals surface area contributed by atoms with E-state index in [4.69, 9.17) is 25.5 Å². The molecule has 7 heteroatoms. The molecule has 0 saturated carbocycles. The molecule has 0 aromatic heterocycles. The summed E-state index contributed by atoms with van der Waals surface area (Å²) in [7, 11) is 0. The third kappa shape index (κ3) is 3.54. The zero-order valence-electron chi connectivity index (χ0n) is 6.28. The maximum atomic E-state index is 10.0. The highest BCUT2D eigenvalue weighted by atomic mass is 16.4. The first-order chi connectivity index (χ1) is 5.86. The third-order valence-electron chi connectivity index (χ3n) is 1.12. The zero-order chi connectivity index (χ0) is 10.6. The number of carboxylic acid groups (broad SMARTS) is 2. The lowest BCUT2D eigenvalue weighted by molar-refractivity contribution is -0.151. The van der Waals surface area contributed by atoms with Crippen LogP contribution in [-0.2, 0) is 9.59 Å². The lowest BCUT2D eigenvalue weighted by Crippen LogP contribution is -2.32. The van der Waals surface area contributed by atoms with Crippen molar-refractivity contribution in [1.29, 1.82) is 0 Å². The van der Waals surface area contributed by atoms with Gasteiger partial charge in [0.15, 0.2) is 11.9 Å². The van der Waals surface area contributed by atoms with Crippen molar-refractivity contribution in [3.8, 4) is 0 Å². The van der Waals surface area contributed by atoms with Crippen LogP contribution in [0.5, 0.6) is 0 Å². The molecule has 0 aromatic carbocycles. The molecule has 0 aliphatic carbocycles. The van der Waals surface area contributed by atoms with E-state index in [1.54, 1.807) is 0 Å². The van der Waals surface area contributed by atoms with Crippen LogP contribution in [-0.4, -0.2) is 49.7 Å². The maximum absolute atomic E-state index is 10.0. The number of hydrogen-bond donors (Lipinski definition) is 5. The van der Waals surface area contributed by atoms with Crippen molar-refractivity contribution in [1.82, 2.24) is 0 Å². The normalized spacial score (nSPS) is 16.3. The average molecular weight is 192 g/mol. The molecule has 0 unspecified atom stereocenters. The van der Waals surface area contributed by atoms with Gasteiger partial charge in [0.05, 0.1) is 0 Å². The van der Waals surface area contributed by atoms with Crippen molar-refractivity contribution in [2.24, 2.45) is 0 Å². The van der Waals surface area contributed by atoms with Gasteiger partial charge < -0.3 is 25.5 Å². The monoisotopic (exact) mass is 192 g/mol. The molecule has 0 aromatic rings. The first-order valence-electron chi connectivity index (χ1n) is 3.09. The molecule has 0 rings (SSSR count). The third-order valence-corrected chi connectivity index (χ3v) is 1.12. The van der Waals surface area contributed by atoms with Gasteiger partial charge in [0.2, 0.25) is 0 Å². The Morgan fingerprint density at radius 1 is 1.08 bits per heavy atom. The van der Waals surface area contributed by atoms with Gasteiger partial charge in [-0.1, -0.05) is 0 Å². The van der Waals surface area contributed by atoms with E-state index >= 15 is 0 Å². The van der Waals surface area contributed by atoms with Gasteiger partial charge in [0, 0.05) is 0 Å². The largest absolute Gasteiger partial charge is 0.502 e. The molecule has 0 saturated heterocycles. The Kier molecular flexibility index (Phi) is 3.89. The minimum Gasteiger partial charge on any atom is -0.502 e. The summed E-state index contributed by atoms with van der Waals surface area (Å²) in [4.78, 5) is 20.0. The topological polar surface area (TPSA) is 135 Å². The quantitative estimate of drug-likeness (QED) is 0.265. The number of aliphatic carboxylic acids is 2. The number of rotatable bonds is 4. The lowest BCUT2D eigenvalue weighted by atomic mass is 10.2. The van der Waals surface area contributed by atoms with Crippen LogP contribution >= 0.6 is 0 Å². The van der Waals surface area contributed by atoms with Crippen LogP contribution in [0.2, 0.25) is 0 Å². The van der Waals surface area contributed by atoms with E-state index in [0.717, 1.165) is 0 Å². The summed E-state index contributed by atoms with van der Waals surface area (Å²) in [6.45, 7) is 0. The molecule has 13 heavy (non-hydrogen) atoms. The van der Waals surface area contributed by atoms with Gasteiger partial charge in [-0.05, 0) is 6.08 Å². The second-order valence-electron chi connectivity index (χ2n) is 2.13. The van der Waals surface area contributed by atoms with E-state index in [1.807, 2.05) is 0 Å². The molecular weight excluding hydrogens is 184 g/mol. The summed E-state index contributed by atoms with van der Waals surface area (Å²) in [5.41, 5.74) is 0. The van der Waals surface area contributed by atoms with Crippen LogP contribution in [0.4, 0.5) is 0 Å². The van der Waals surface area contributed by atoms with Crippen molar-refractivity contribution < 1.29 is 35.1 Å². The minimum absolute atomic E-state index is 0.321. The first kappa shape index (κ1) is 11.4. The number of aliphatic hydroxyl groups is 3. The van der Waals surface area contributed by atoms with E-state index in [-0.39, 0.29) is 0 Å². The Morgan fingerprint density at radius 2 is 1.54 bits per heavy atom. The van der Waals surface area contributed by atoms with Crippen molar-refractivity contribution >= 4 is 11.9 Å². The molecule has 0 bridgehead atoms. The van der Waals surface area contributed by atoms with Gasteiger partial charge in [0.25, 0.3) is 0 Å². The highest BCUT2D eigenvalue weighted by Gasteiger charge is 2.23. The second-order valence-corrected chi connectivity index (χ2v) is 2.13. The van der Waals surface area contributed by atoms with Crippen molar-refractivity contribution in [3.05, 3.63) is 11.8 Å². The van der Waals surface area contributed by atoms with Gasteiger partial charge in [-0.15, -0.1) is 0 Å². The van der Waals surface area contributed by atoms with Crippen LogP contribution in [0.1, 0.15) is 0 Å². The van der Waals surface area contributed by atoms with Gasteiger partial charge in [0.1, 0.15) is 6.10 Å². The highest BCUT2D eigenvalue weighted by molar-refractivity contribution is 5.84. The highest BCUT2D eigenvalue weighted by Crippen LogP contribution is 1.99. The van der Waals surface area contributed by atoms with Crippen molar-refractivity contribution in [2.45, 2.75) is 12.2 Å². The first-order valence-corrected chi connectivity index (χ1v) is 3.09. The maximum Gasteiger partial charge on any atom is 0.370 e. The van der Waals surface area contributed by atoms with Gasteiger partial charge in [-0.3, -0.25) is 0 Å². The fourth-order valence-corrected chi connectivity index (χ4v) is 0.470. The molecule has 5 N–H and O–H groups in total. The summed E-state index contributed by atoms with van der Waals surface area (Å²) in [5, 5.41) is 42.2. The predicted octanol–water partition coefficient (Wildman–Crippen LogP) is -1.68. The lowest BCUT2D eigenvalue weighted by Gasteiger charge is -2.08. The van der Waals surface area contributed by atoms with Crippen molar-refractivity contribution in [3.63, 3.8) is 0 Å². The predicted molar refractivity (Wildman–Crippen MR) is 38.0 cm³/mol. The molecule has 74 valence electrons. The Labute approximate surface area is 72.2 Å². The van der Waals surface area contributed by atoms with E-state index in [2.05, 4.69) is 0 Å². The van der Waals surface area contributed by atoms with Crippen LogP contribution < -0.4 is 0 Å². The molecule has 0 aliphatic rings. The molecule has 0 heterocycles. The molecule has 0 radical (unpaired) electrons. The number of carboxylic acids is 2. The van der Waals surface area contributed by atoms with Crippen LogP contribution in [0, 0.1) is 0 Å². The zero-order valence-corrected chi connectivity index (χ0v) is 6.28. The molecule has 0 fully saturated rings. The van der Waals surface area contributed by atoms with Crippen LogP contribution in [0.25, 0.3) is 0 Å². The van der Waals surface area contributed by atoms with E-state index < -0.39 is 29.9 Å². The summed E-state index contributed by atoms with van der Waals surface area (Å²) >= 11 is 0. The summed E-state index contributed by atoms with van der Waals surface area (Å²) in [6.07, 6.45) is -3.81. The van der Waals surface area contributed by atoms with E-state index in [9.17, 15) is 9.59 Å². The van der Waals surface area contributed by atoms with Gasteiger partial charge in [-0.2, -0.15) is 0 Å². The number of carbonyl (C=O) groups is 2. The van der Waals surface area contributed by atoms with Crippen molar-refractivity contribution in [2.75, 3.05) is 0 Å². The Hall–Kier alpha value is -1.60. The Morgan fingerprint density at radius 3 is 1.85 bits per heavy atom. The molecule has 7 nitrogen and oxygen atoms in total. The Balaban J connectivity index is 4.45. The minimum atomic E-state index is -2.17. The van der Waals surface area contributed by atoms with E-state index in [0.29, 0.717) is 6.08 Å². The molecule has 0 aliphatic heterocycles. The molecular formula is C6H8O7. The SMILES string of the molecule is O=C(O)/C(O)=C/[C@H](O)[C@@H](O)C(=O)O. The summed E-state index contributed by atoms with van der Waals surface area (Å²) in [6, 6.07) is 0. The Bertz CT molecular complexity index is 243. The van der Waals surface area contributed by atoms with Crippen LogP contribution in [0.15, 0.2) is 11.8 Å². The summed E-state index contributed by atoms with van der Waals surface area (Å²) < 4.78 is 0. The average Bonchev–Trinajstić information content (AvgIpc) is 2.02. The number of hydrogen-bond acceptors (Lipinski definition) is 5. The second kappa shape index (κ2) is 4.43. The fraction of sp³-hybridized carbons (Fsp3) is 0.333. The molecule has 2 atom stereocenters. The molecule has 0 spiro atoms. The van der Waals surface area contributed by atoms with E-state index in [1.165, 1.54) is 0 Å². The van der Waals surface area contributed by atoms with Crippen LogP contribution in [0.3, 0.4) is 0 Å². The molecule has 0 amide bonds. The van der Waals surface area contributed by atoms with Gasteiger partial charge >= 0.3 is 11.9 Å². The number of aliphatic hydroxyl groups excluding tert-OH is 3. The standard InChI is InChI=1S/C6H8O7/c7-2(4(9)6(12)13)1-3(8)5(10)11/h1-2,4,7-9H,(H,10,11)(H,12,13)/b3-1-/t2-,4+/m0/s1. The van der Waals surface area contributed by atoms with Gasteiger partial charge in [-0.25, -0.2) is 9.59 Å².